The molecule has 7 heteroatoms. The first-order valence-corrected chi connectivity index (χ1v) is 12.2. The molecule has 35 heavy (non-hydrogen) atoms. The van der Waals surface area contributed by atoms with E-state index in [1.807, 2.05) is 0 Å². The molecule has 0 bridgehead atoms. The van der Waals surface area contributed by atoms with E-state index in [0.717, 1.165) is 19.3 Å². The van der Waals surface area contributed by atoms with Gasteiger partial charge in [0.2, 0.25) is 11.5 Å². The standard InChI is InChI=1S/C28H36O7/c1-16-8-10-21-27(3,4)22(34-17(2)29)12-13-28(21,5)19(16)15-33-25-20(31-6)14-18-9-11-23(30)35-24(18)26(25)32-7/h8-9,11,14,19,21-22H,10,12-13,15H2,1-7H3/t19-,21+,22-,28-/m1/s1. The van der Waals surface area contributed by atoms with E-state index in [-0.39, 0.29) is 28.8 Å². The van der Waals surface area contributed by atoms with Gasteiger partial charge in [-0.3, -0.25) is 4.79 Å². The molecule has 1 fully saturated rings. The molecule has 0 radical (unpaired) electrons. The van der Waals surface area contributed by atoms with E-state index >= 15 is 0 Å². The van der Waals surface area contributed by atoms with Crippen LogP contribution in [0.25, 0.3) is 11.0 Å². The van der Waals surface area contributed by atoms with Gasteiger partial charge in [0.15, 0.2) is 11.3 Å². The van der Waals surface area contributed by atoms with Gasteiger partial charge >= 0.3 is 11.6 Å². The highest BCUT2D eigenvalue weighted by molar-refractivity contribution is 5.88. The molecule has 2 aromatic rings. The number of carbonyl (C=O) groups excluding carboxylic acids is 1. The molecule has 1 heterocycles. The molecule has 0 aliphatic heterocycles. The van der Waals surface area contributed by atoms with E-state index in [0.29, 0.717) is 40.7 Å². The lowest BCUT2D eigenvalue weighted by Gasteiger charge is -2.58. The van der Waals surface area contributed by atoms with Crippen LogP contribution in [0.4, 0.5) is 0 Å². The zero-order chi connectivity index (χ0) is 25.5. The number of fused-ring (bicyclic) bond motifs is 2. The summed E-state index contributed by atoms with van der Waals surface area (Å²) in [5.41, 5.74) is 0.952. The molecule has 0 amide bonds. The van der Waals surface area contributed by atoms with Crippen LogP contribution in [-0.4, -0.2) is 32.9 Å². The highest BCUT2D eigenvalue weighted by Crippen LogP contribution is 2.60. The first-order chi connectivity index (χ1) is 16.5. The average molecular weight is 485 g/mol. The molecule has 2 aliphatic rings. The largest absolute Gasteiger partial charge is 0.493 e. The van der Waals surface area contributed by atoms with Crippen molar-refractivity contribution < 1.29 is 28.2 Å². The van der Waals surface area contributed by atoms with Crippen LogP contribution in [0.15, 0.2) is 39.1 Å². The van der Waals surface area contributed by atoms with Crippen LogP contribution in [0.5, 0.6) is 17.2 Å². The molecule has 4 rings (SSSR count). The van der Waals surface area contributed by atoms with Gasteiger partial charge in [-0.05, 0) is 49.7 Å². The molecule has 1 saturated carbocycles. The Morgan fingerprint density at radius 1 is 1.14 bits per heavy atom. The van der Waals surface area contributed by atoms with Gasteiger partial charge in [0.25, 0.3) is 0 Å². The number of hydrogen-bond acceptors (Lipinski definition) is 7. The van der Waals surface area contributed by atoms with Gasteiger partial charge in [0, 0.05) is 29.7 Å². The quantitative estimate of drug-likeness (QED) is 0.303. The Balaban J connectivity index is 1.68. The van der Waals surface area contributed by atoms with E-state index in [9.17, 15) is 9.59 Å². The summed E-state index contributed by atoms with van der Waals surface area (Å²) in [5, 5.41) is 0.692. The number of benzene rings is 1. The van der Waals surface area contributed by atoms with Gasteiger partial charge in [-0.1, -0.05) is 32.4 Å². The number of allylic oxidation sites excluding steroid dienone is 1. The SMILES string of the molecule is COc1cc2ccc(=O)oc2c(OC)c1OC[C@@H]1C(C)=CC[C@H]2C(C)(C)[C@H](OC(C)=O)CC[C@]12C. The lowest BCUT2D eigenvalue weighted by atomic mass is 9.48. The van der Waals surface area contributed by atoms with Crippen LogP contribution >= 0.6 is 0 Å². The van der Waals surface area contributed by atoms with Crippen molar-refractivity contribution in [3.05, 3.63) is 40.3 Å². The molecule has 0 saturated heterocycles. The van der Waals surface area contributed by atoms with Gasteiger partial charge in [0.1, 0.15) is 6.10 Å². The third-order valence-electron chi connectivity index (χ3n) is 8.40. The molecule has 7 nitrogen and oxygen atoms in total. The van der Waals surface area contributed by atoms with Gasteiger partial charge in [0.05, 0.1) is 20.8 Å². The number of ether oxygens (including phenoxy) is 4. The van der Waals surface area contributed by atoms with Crippen molar-refractivity contribution in [2.45, 2.75) is 60.0 Å². The highest BCUT2D eigenvalue weighted by Gasteiger charge is 2.56. The second-order valence-electron chi connectivity index (χ2n) is 10.7. The van der Waals surface area contributed by atoms with Crippen LogP contribution in [-0.2, 0) is 9.53 Å². The summed E-state index contributed by atoms with van der Waals surface area (Å²) < 4.78 is 28.9. The summed E-state index contributed by atoms with van der Waals surface area (Å²) in [5.74, 6) is 1.52. The normalized spacial score (nSPS) is 27.5. The van der Waals surface area contributed by atoms with Gasteiger partial charge in [-0.25, -0.2) is 4.79 Å². The van der Waals surface area contributed by atoms with E-state index in [2.05, 4.69) is 33.8 Å². The van der Waals surface area contributed by atoms with Crippen LogP contribution in [0.3, 0.4) is 0 Å². The average Bonchev–Trinajstić information content (AvgIpc) is 2.79. The molecule has 1 aromatic carbocycles. The Labute approximate surface area is 206 Å². The minimum absolute atomic E-state index is 0.0388. The Hall–Kier alpha value is -2.96. The lowest BCUT2D eigenvalue weighted by Crippen LogP contribution is -2.55. The lowest BCUT2D eigenvalue weighted by molar-refractivity contribution is -0.172. The fourth-order valence-corrected chi connectivity index (χ4v) is 6.53. The Bertz CT molecular complexity index is 1210. The van der Waals surface area contributed by atoms with E-state index in [4.69, 9.17) is 23.4 Å². The second-order valence-corrected chi connectivity index (χ2v) is 10.7. The maximum atomic E-state index is 11.9. The smallest absolute Gasteiger partial charge is 0.336 e. The van der Waals surface area contributed by atoms with Crippen molar-refractivity contribution >= 4 is 16.9 Å². The Morgan fingerprint density at radius 2 is 1.89 bits per heavy atom. The minimum Gasteiger partial charge on any atom is -0.493 e. The van der Waals surface area contributed by atoms with Gasteiger partial charge in [-0.15, -0.1) is 0 Å². The molecule has 190 valence electrons. The number of hydrogen-bond donors (Lipinski definition) is 0. The van der Waals surface area contributed by atoms with Crippen molar-refractivity contribution in [2.24, 2.45) is 22.7 Å². The fraction of sp³-hybridized carbons (Fsp3) is 0.571. The van der Waals surface area contributed by atoms with Crippen molar-refractivity contribution in [3.63, 3.8) is 0 Å². The number of rotatable bonds is 6. The number of methoxy groups -OCH3 is 2. The molecule has 0 unspecified atom stereocenters. The third kappa shape index (κ3) is 4.30. The van der Waals surface area contributed by atoms with E-state index in [1.54, 1.807) is 19.2 Å². The summed E-state index contributed by atoms with van der Waals surface area (Å²) in [7, 11) is 3.10. The second kappa shape index (κ2) is 9.25. The zero-order valence-corrected chi connectivity index (χ0v) is 21.7. The minimum atomic E-state index is -0.458. The first kappa shape index (κ1) is 25.1. The molecule has 2 aliphatic carbocycles. The molecule has 0 N–H and O–H groups in total. The Morgan fingerprint density at radius 3 is 2.54 bits per heavy atom. The van der Waals surface area contributed by atoms with Crippen LogP contribution < -0.4 is 19.8 Å². The maximum absolute atomic E-state index is 11.9. The summed E-state index contributed by atoms with van der Waals surface area (Å²) >= 11 is 0. The monoisotopic (exact) mass is 484 g/mol. The Kier molecular flexibility index (Phi) is 6.64. The topological polar surface area (TPSA) is 84.2 Å². The zero-order valence-electron chi connectivity index (χ0n) is 21.7. The van der Waals surface area contributed by atoms with Crippen molar-refractivity contribution in [2.75, 3.05) is 20.8 Å². The molecule has 4 atom stereocenters. The van der Waals surface area contributed by atoms with E-state index in [1.165, 1.54) is 25.7 Å². The van der Waals surface area contributed by atoms with Gasteiger partial charge < -0.3 is 23.4 Å². The number of carbonyl (C=O) groups is 1. The van der Waals surface area contributed by atoms with Crippen molar-refractivity contribution in [1.29, 1.82) is 0 Å². The first-order valence-electron chi connectivity index (χ1n) is 12.2. The van der Waals surface area contributed by atoms with Crippen molar-refractivity contribution in [3.8, 4) is 17.2 Å². The molecule has 0 spiro atoms. The molecular weight excluding hydrogens is 448 g/mol. The van der Waals surface area contributed by atoms with Crippen LogP contribution in [0, 0.1) is 22.7 Å². The van der Waals surface area contributed by atoms with Crippen molar-refractivity contribution in [1.82, 2.24) is 0 Å². The molecular formula is C28H36O7. The summed E-state index contributed by atoms with van der Waals surface area (Å²) in [6.45, 7) is 10.8. The maximum Gasteiger partial charge on any atom is 0.336 e. The predicted molar refractivity (Wildman–Crippen MR) is 133 cm³/mol. The summed E-state index contributed by atoms with van der Waals surface area (Å²) in [4.78, 5) is 23.6. The predicted octanol–water partition coefficient (Wildman–Crippen LogP) is 5.53. The highest BCUT2D eigenvalue weighted by atomic mass is 16.5. The van der Waals surface area contributed by atoms with Crippen LogP contribution in [0.1, 0.15) is 53.9 Å². The summed E-state index contributed by atoms with van der Waals surface area (Å²) in [6, 6.07) is 4.84. The third-order valence-corrected chi connectivity index (χ3v) is 8.40. The molecule has 1 aromatic heterocycles. The van der Waals surface area contributed by atoms with Crippen LogP contribution in [0.2, 0.25) is 0 Å². The fourth-order valence-electron chi connectivity index (χ4n) is 6.53. The van der Waals surface area contributed by atoms with E-state index < -0.39 is 5.63 Å². The van der Waals surface area contributed by atoms with Gasteiger partial charge in [-0.2, -0.15) is 0 Å². The summed E-state index contributed by atoms with van der Waals surface area (Å²) in [6.07, 6.45) is 4.88. The number of esters is 1.